The van der Waals surface area contributed by atoms with E-state index in [4.69, 9.17) is 25.8 Å². The van der Waals surface area contributed by atoms with Gasteiger partial charge >= 0.3 is 0 Å². The molecule has 0 spiro atoms. The Labute approximate surface area is 207 Å². The summed E-state index contributed by atoms with van der Waals surface area (Å²) >= 11 is 6.83. The molecule has 3 aromatic carbocycles. The Morgan fingerprint density at radius 1 is 0.971 bits per heavy atom. The number of methoxy groups -OCH3 is 1. The molecule has 1 aliphatic heterocycles. The van der Waals surface area contributed by atoms with Gasteiger partial charge in [0.1, 0.15) is 12.4 Å². The fourth-order valence-electron chi connectivity index (χ4n) is 3.33. The molecule has 0 aliphatic carbocycles. The number of halogens is 1. The second-order valence-electron chi connectivity index (χ2n) is 7.27. The van der Waals surface area contributed by atoms with Crippen molar-refractivity contribution in [3.05, 3.63) is 87.8 Å². The van der Waals surface area contributed by atoms with E-state index in [-0.39, 0.29) is 11.1 Å². The van der Waals surface area contributed by atoms with Gasteiger partial charge < -0.3 is 14.2 Å². The Bertz CT molecular complexity index is 1240. The molecule has 6 nitrogen and oxygen atoms in total. The third-order valence-corrected chi connectivity index (χ3v) is 6.10. The number of amides is 2. The van der Waals surface area contributed by atoms with Gasteiger partial charge in [-0.25, -0.2) is 4.90 Å². The molecule has 2 amide bonds. The lowest BCUT2D eigenvalue weighted by molar-refractivity contribution is -0.113. The van der Waals surface area contributed by atoms with Crippen LogP contribution >= 0.6 is 23.4 Å². The van der Waals surface area contributed by atoms with Crippen LogP contribution in [0.1, 0.15) is 18.1 Å². The molecule has 1 fully saturated rings. The number of imide groups is 1. The molecule has 174 valence electrons. The van der Waals surface area contributed by atoms with Crippen LogP contribution in [-0.4, -0.2) is 24.9 Å². The molecule has 0 saturated carbocycles. The molecular weight excluding hydrogens is 474 g/mol. The summed E-state index contributed by atoms with van der Waals surface area (Å²) < 4.78 is 16.9. The van der Waals surface area contributed by atoms with Crippen LogP contribution in [0.25, 0.3) is 6.08 Å². The number of anilines is 1. The molecule has 3 aromatic rings. The topological polar surface area (TPSA) is 65.1 Å². The average Bonchev–Trinajstić information content (AvgIpc) is 3.12. The van der Waals surface area contributed by atoms with Gasteiger partial charge in [0.2, 0.25) is 0 Å². The SMILES string of the molecule is CCOc1cc(/C=C2\SC(=O)N(c3cccc(OC)c3)C2=O)ccc1OCc1ccc(Cl)cc1. The second kappa shape index (κ2) is 10.7. The average molecular weight is 496 g/mol. The van der Waals surface area contributed by atoms with Crippen LogP contribution in [0.3, 0.4) is 0 Å². The van der Waals surface area contributed by atoms with Crippen molar-refractivity contribution >= 4 is 46.3 Å². The van der Waals surface area contributed by atoms with E-state index in [2.05, 4.69) is 0 Å². The van der Waals surface area contributed by atoms with Crippen LogP contribution in [0.15, 0.2) is 71.6 Å². The quantitative estimate of drug-likeness (QED) is 0.329. The van der Waals surface area contributed by atoms with E-state index in [0.29, 0.717) is 46.1 Å². The number of ether oxygens (including phenoxy) is 3. The normalized spacial score (nSPS) is 14.6. The maximum Gasteiger partial charge on any atom is 0.298 e. The molecule has 34 heavy (non-hydrogen) atoms. The van der Waals surface area contributed by atoms with Crippen molar-refractivity contribution in [2.24, 2.45) is 0 Å². The predicted octanol–water partition coefficient (Wildman–Crippen LogP) is 6.57. The van der Waals surface area contributed by atoms with Crippen molar-refractivity contribution < 1.29 is 23.8 Å². The summed E-state index contributed by atoms with van der Waals surface area (Å²) in [5.41, 5.74) is 2.16. The molecule has 0 aromatic heterocycles. The second-order valence-corrected chi connectivity index (χ2v) is 8.70. The molecule has 8 heteroatoms. The fourth-order valence-corrected chi connectivity index (χ4v) is 4.30. The lowest BCUT2D eigenvalue weighted by Gasteiger charge is -2.13. The molecule has 1 saturated heterocycles. The molecular formula is C26H22ClNO5S. The largest absolute Gasteiger partial charge is 0.497 e. The van der Waals surface area contributed by atoms with Crippen LogP contribution in [0.5, 0.6) is 17.2 Å². The molecule has 0 N–H and O–H groups in total. The lowest BCUT2D eigenvalue weighted by atomic mass is 10.1. The Morgan fingerprint density at radius 3 is 2.50 bits per heavy atom. The van der Waals surface area contributed by atoms with Crippen molar-refractivity contribution in [3.8, 4) is 17.2 Å². The zero-order valence-electron chi connectivity index (χ0n) is 18.6. The first-order chi connectivity index (χ1) is 16.5. The monoisotopic (exact) mass is 495 g/mol. The van der Waals surface area contributed by atoms with Crippen molar-refractivity contribution in [3.63, 3.8) is 0 Å². The van der Waals surface area contributed by atoms with Crippen molar-refractivity contribution in [2.45, 2.75) is 13.5 Å². The van der Waals surface area contributed by atoms with E-state index < -0.39 is 0 Å². The number of nitrogens with zero attached hydrogens (tertiary/aromatic N) is 1. The van der Waals surface area contributed by atoms with E-state index in [1.165, 1.54) is 7.11 Å². The summed E-state index contributed by atoms with van der Waals surface area (Å²) in [4.78, 5) is 27.0. The van der Waals surface area contributed by atoms with Gasteiger partial charge in [0, 0.05) is 11.1 Å². The predicted molar refractivity (Wildman–Crippen MR) is 135 cm³/mol. The van der Waals surface area contributed by atoms with Crippen LogP contribution < -0.4 is 19.1 Å². The molecule has 4 rings (SSSR count). The Morgan fingerprint density at radius 2 is 1.76 bits per heavy atom. The van der Waals surface area contributed by atoms with Gasteiger partial charge in [-0.2, -0.15) is 0 Å². The van der Waals surface area contributed by atoms with E-state index in [1.807, 2.05) is 37.3 Å². The number of benzene rings is 3. The fraction of sp³-hybridized carbons (Fsp3) is 0.154. The summed E-state index contributed by atoms with van der Waals surface area (Å²) in [5, 5.41) is 0.302. The summed E-state index contributed by atoms with van der Waals surface area (Å²) in [6.07, 6.45) is 1.68. The van der Waals surface area contributed by atoms with Crippen molar-refractivity contribution in [1.82, 2.24) is 0 Å². The summed E-state index contributed by atoms with van der Waals surface area (Å²) in [5.74, 6) is 1.32. The lowest BCUT2D eigenvalue weighted by Crippen LogP contribution is -2.27. The smallest absolute Gasteiger partial charge is 0.298 e. The first-order valence-electron chi connectivity index (χ1n) is 10.5. The number of carbonyl (C=O) groups excluding carboxylic acids is 2. The molecule has 0 bridgehead atoms. The van der Waals surface area contributed by atoms with E-state index in [1.54, 1.807) is 42.5 Å². The zero-order chi connectivity index (χ0) is 24.1. The van der Waals surface area contributed by atoms with Gasteiger partial charge in [-0.15, -0.1) is 0 Å². The highest BCUT2D eigenvalue weighted by Crippen LogP contribution is 2.38. The van der Waals surface area contributed by atoms with Crippen LogP contribution in [-0.2, 0) is 11.4 Å². The van der Waals surface area contributed by atoms with Crippen molar-refractivity contribution in [2.75, 3.05) is 18.6 Å². The molecule has 1 heterocycles. The molecule has 0 radical (unpaired) electrons. The number of carbonyl (C=O) groups is 2. The van der Waals surface area contributed by atoms with Crippen LogP contribution in [0, 0.1) is 0 Å². The minimum atomic E-state index is -0.385. The molecule has 1 aliphatic rings. The third kappa shape index (κ3) is 5.38. The highest BCUT2D eigenvalue weighted by atomic mass is 35.5. The van der Waals surface area contributed by atoms with Gasteiger partial charge in [0.25, 0.3) is 11.1 Å². The highest BCUT2D eigenvalue weighted by Gasteiger charge is 2.36. The minimum absolute atomic E-state index is 0.324. The first kappa shape index (κ1) is 23.7. The minimum Gasteiger partial charge on any atom is -0.497 e. The Kier molecular flexibility index (Phi) is 7.45. The number of rotatable bonds is 8. The maximum absolute atomic E-state index is 13.0. The summed E-state index contributed by atoms with van der Waals surface area (Å²) in [7, 11) is 1.53. The number of thioether (sulfide) groups is 1. The van der Waals surface area contributed by atoms with E-state index in [0.717, 1.165) is 27.8 Å². The summed E-state index contributed by atoms with van der Waals surface area (Å²) in [6, 6.07) is 19.7. The van der Waals surface area contributed by atoms with Gasteiger partial charge in [-0.3, -0.25) is 9.59 Å². The van der Waals surface area contributed by atoms with E-state index >= 15 is 0 Å². The zero-order valence-corrected chi connectivity index (χ0v) is 20.2. The number of hydrogen-bond acceptors (Lipinski definition) is 6. The third-order valence-electron chi connectivity index (χ3n) is 4.98. The number of hydrogen-bond donors (Lipinski definition) is 0. The standard InChI is InChI=1S/C26H22ClNO5S/c1-3-32-23-13-18(9-12-22(23)33-16-17-7-10-19(27)11-8-17)14-24-25(29)28(26(30)34-24)20-5-4-6-21(15-20)31-2/h4-15H,3,16H2,1-2H3/b24-14-. The van der Waals surface area contributed by atoms with Crippen LogP contribution in [0.2, 0.25) is 5.02 Å². The highest BCUT2D eigenvalue weighted by molar-refractivity contribution is 8.19. The Hall–Kier alpha value is -3.42. The van der Waals surface area contributed by atoms with E-state index in [9.17, 15) is 9.59 Å². The Balaban J connectivity index is 1.54. The van der Waals surface area contributed by atoms with Crippen LogP contribution in [0.4, 0.5) is 10.5 Å². The first-order valence-corrected chi connectivity index (χ1v) is 11.7. The van der Waals surface area contributed by atoms with Gasteiger partial charge in [0.15, 0.2) is 11.5 Å². The molecule has 0 atom stereocenters. The van der Waals surface area contributed by atoms with Gasteiger partial charge in [-0.1, -0.05) is 35.9 Å². The van der Waals surface area contributed by atoms with Gasteiger partial charge in [-0.05, 0) is 72.3 Å². The maximum atomic E-state index is 13.0. The molecule has 0 unspecified atom stereocenters. The van der Waals surface area contributed by atoms with Gasteiger partial charge in [0.05, 0.1) is 24.3 Å². The van der Waals surface area contributed by atoms with Crippen molar-refractivity contribution in [1.29, 1.82) is 0 Å². The summed E-state index contributed by atoms with van der Waals surface area (Å²) in [6.45, 7) is 2.69.